The van der Waals surface area contributed by atoms with Gasteiger partial charge in [0.25, 0.3) is 0 Å². The second-order valence-corrected chi connectivity index (χ2v) is 30.8. The van der Waals surface area contributed by atoms with Gasteiger partial charge in [0.2, 0.25) is 0 Å². The summed E-state index contributed by atoms with van der Waals surface area (Å²) in [6.07, 6.45) is 58.5. The molecule has 0 amide bonds. The highest BCUT2D eigenvalue weighted by Crippen LogP contribution is 2.45. The number of aliphatic hydroxyl groups excluding tert-OH is 1. The molecule has 2 unspecified atom stereocenters. The molecule has 0 saturated heterocycles. The first-order chi connectivity index (χ1) is 46.0. The Hall–Kier alpha value is -1.94. The zero-order valence-corrected chi connectivity index (χ0v) is 63.6. The zero-order valence-electron chi connectivity index (χ0n) is 61.8. The molecule has 0 aromatic heterocycles. The van der Waals surface area contributed by atoms with E-state index in [9.17, 15) is 43.2 Å². The normalized spacial score (nSPS) is 13.9. The summed E-state index contributed by atoms with van der Waals surface area (Å²) >= 11 is 0. The van der Waals surface area contributed by atoms with Crippen LogP contribution in [-0.4, -0.2) is 96.7 Å². The molecule has 0 bridgehead atoms. The molecule has 17 nitrogen and oxygen atoms in total. The summed E-state index contributed by atoms with van der Waals surface area (Å²) in [5.74, 6) is -1.38. The van der Waals surface area contributed by atoms with Crippen LogP contribution in [0.5, 0.6) is 0 Å². The van der Waals surface area contributed by atoms with Gasteiger partial charge in [0.15, 0.2) is 12.2 Å². The minimum Gasteiger partial charge on any atom is -0.462 e. The highest BCUT2D eigenvalue weighted by Gasteiger charge is 2.30. The summed E-state index contributed by atoms with van der Waals surface area (Å²) in [6.45, 7) is 7.23. The van der Waals surface area contributed by atoms with Crippen molar-refractivity contribution in [3.8, 4) is 0 Å². The number of aliphatic hydroxyl groups is 1. The van der Waals surface area contributed by atoms with E-state index in [0.29, 0.717) is 25.7 Å². The molecule has 0 fully saturated rings. The standard InChI is InChI=1S/C76H148O17P2/c1-6-9-12-15-18-20-22-24-26-28-30-32-34-36-40-45-50-55-60-74(79)87-66-72(93-75(80)61-56-51-46-41-37-35-33-31-29-27-25-23-21-19-16-13-10-7-2)68-91-95(84,85)89-64-70(77)63-88-94(82,83)90-67-71(65-86-73(78)59-54-49-43-17-14-11-8-3)92-76(81)62-57-52-47-42-38-39-44-48-53-58-69(4)5/h69-72,77H,6-68H2,1-5H3,(H,82,83)(H,84,85)/t70-,71+,72+/m0/s1. The van der Waals surface area contributed by atoms with Crippen LogP contribution in [-0.2, 0) is 65.4 Å². The van der Waals surface area contributed by atoms with Crippen molar-refractivity contribution in [1.29, 1.82) is 0 Å². The van der Waals surface area contributed by atoms with Gasteiger partial charge >= 0.3 is 39.5 Å². The molecular weight excluding hydrogens is 1250 g/mol. The van der Waals surface area contributed by atoms with Gasteiger partial charge in [0, 0.05) is 25.7 Å². The fourth-order valence-electron chi connectivity index (χ4n) is 11.7. The zero-order chi connectivity index (χ0) is 69.8. The Morgan fingerprint density at radius 3 is 0.716 bits per heavy atom. The van der Waals surface area contributed by atoms with E-state index in [1.807, 2.05) is 0 Å². The SMILES string of the molecule is CCCCCCCCCCCCCCCCCCCCC(=O)OC[C@H](COP(=O)(O)OC[C@@H](O)COP(=O)(O)OC[C@@H](COC(=O)CCCCCCCCC)OC(=O)CCCCCCCCCCCC(C)C)OC(=O)CCCCCCCCCCCCCCCCCCCC. The van der Waals surface area contributed by atoms with Gasteiger partial charge in [-0.25, -0.2) is 9.13 Å². The number of carbonyl (C=O) groups excluding carboxylic acids is 4. The van der Waals surface area contributed by atoms with Crippen molar-refractivity contribution in [1.82, 2.24) is 0 Å². The average molecular weight is 1400 g/mol. The van der Waals surface area contributed by atoms with Crippen LogP contribution in [0.15, 0.2) is 0 Å². The Bertz CT molecular complexity index is 1820. The van der Waals surface area contributed by atoms with Gasteiger partial charge in [-0.2, -0.15) is 0 Å². The third-order valence-corrected chi connectivity index (χ3v) is 19.7. The van der Waals surface area contributed by atoms with E-state index >= 15 is 0 Å². The summed E-state index contributed by atoms with van der Waals surface area (Å²) in [5.41, 5.74) is 0. The number of hydrogen-bond donors (Lipinski definition) is 3. The van der Waals surface area contributed by atoms with E-state index in [2.05, 4.69) is 34.6 Å². The van der Waals surface area contributed by atoms with Gasteiger partial charge < -0.3 is 33.8 Å². The van der Waals surface area contributed by atoms with Gasteiger partial charge in [0.05, 0.1) is 26.4 Å². The van der Waals surface area contributed by atoms with E-state index in [1.165, 1.54) is 212 Å². The monoisotopic (exact) mass is 1400 g/mol. The predicted octanol–water partition coefficient (Wildman–Crippen LogP) is 22.5. The number of phosphoric acid groups is 2. The Labute approximate surface area is 581 Å². The van der Waals surface area contributed by atoms with E-state index in [0.717, 1.165) is 109 Å². The summed E-state index contributed by atoms with van der Waals surface area (Å²) < 4.78 is 68.4. The lowest BCUT2D eigenvalue weighted by Crippen LogP contribution is -2.30. The van der Waals surface area contributed by atoms with Crippen molar-refractivity contribution < 1.29 is 80.2 Å². The van der Waals surface area contributed by atoms with Crippen molar-refractivity contribution in [2.24, 2.45) is 5.92 Å². The van der Waals surface area contributed by atoms with Crippen molar-refractivity contribution >= 4 is 39.5 Å². The maximum atomic E-state index is 13.1. The Balaban J connectivity index is 5.18. The number of unbranched alkanes of at least 4 members (excludes halogenated alkanes) is 48. The molecule has 95 heavy (non-hydrogen) atoms. The molecule has 0 saturated carbocycles. The summed E-state index contributed by atoms with van der Waals surface area (Å²) in [5, 5.41) is 10.6. The van der Waals surface area contributed by atoms with E-state index in [4.69, 9.17) is 37.0 Å². The molecule has 19 heteroatoms. The van der Waals surface area contributed by atoms with Crippen molar-refractivity contribution in [3.05, 3.63) is 0 Å². The second kappa shape index (κ2) is 69.2. The van der Waals surface area contributed by atoms with Crippen molar-refractivity contribution in [2.75, 3.05) is 39.6 Å². The summed E-state index contributed by atoms with van der Waals surface area (Å²) in [6, 6.07) is 0. The van der Waals surface area contributed by atoms with Crippen LogP contribution in [0.3, 0.4) is 0 Å². The molecule has 0 heterocycles. The maximum absolute atomic E-state index is 13.1. The number of hydrogen-bond acceptors (Lipinski definition) is 15. The molecule has 0 aromatic carbocycles. The molecule has 5 atom stereocenters. The van der Waals surface area contributed by atoms with Crippen LogP contribution >= 0.6 is 15.6 Å². The Morgan fingerprint density at radius 1 is 0.284 bits per heavy atom. The fraction of sp³-hybridized carbons (Fsp3) is 0.947. The lowest BCUT2D eigenvalue weighted by atomic mass is 10.0. The smallest absolute Gasteiger partial charge is 0.462 e. The van der Waals surface area contributed by atoms with Crippen molar-refractivity contribution in [2.45, 2.75) is 419 Å². The molecule has 564 valence electrons. The lowest BCUT2D eigenvalue weighted by molar-refractivity contribution is -0.161. The lowest BCUT2D eigenvalue weighted by Gasteiger charge is -2.21. The first-order valence-electron chi connectivity index (χ1n) is 39.6. The maximum Gasteiger partial charge on any atom is 0.472 e. The summed E-state index contributed by atoms with van der Waals surface area (Å²) in [4.78, 5) is 72.7. The number of esters is 4. The number of phosphoric ester groups is 2. The molecule has 0 aliphatic rings. The predicted molar refractivity (Wildman–Crippen MR) is 386 cm³/mol. The highest BCUT2D eigenvalue weighted by atomic mass is 31.2. The van der Waals surface area contributed by atoms with Gasteiger partial charge in [-0.15, -0.1) is 0 Å². The second-order valence-electron chi connectivity index (χ2n) is 27.9. The minimum atomic E-state index is -4.96. The first-order valence-corrected chi connectivity index (χ1v) is 42.6. The molecule has 0 spiro atoms. The first kappa shape index (κ1) is 93.1. The molecule has 0 aromatic rings. The van der Waals surface area contributed by atoms with Crippen molar-refractivity contribution in [3.63, 3.8) is 0 Å². The van der Waals surface area contributed by atoms with Gasteiger partial charge in [-0.3, -0.25) is 37.3 Å². The van der Waals surface area contributed by atoms with Gasteiger partial charge in [0.1, 0.15) is 19.3 Å². The topological polar surface area (TPSA) is 237 Å². The Kier molecular flexibility index (Phi) is 67.7. The number of rotatable bonds is 76. The van der Waals surface area contributed by atoms with E-state index < -0.39 is 97.5 Å². The molecule has 0 aliphatic heterocycles. The van der Waals surface area contributed by atoms with Crippen LogP contribution in [0, 0.1) is 5.92 Å². The number of carbonyl (C=O) groups is 4. The third kappa shape index (κ3) is 70.3. The molecule has 0 rings (SSSR count). The van der Waals surface area contributed by atoms with Gasteiger partial charge in [-0.05, 0) is 31.6 Å². The van der Waals surface area contributed by atoms with E-state index in [-0.39, 0.29) is 25.7 Å². The quantitative estimate of drug-likeness (QED) is 0.0222. The van der Waals surface area contributed by atoms with Crippen LogP contribution < -0.4 is 0 Å². The van der Waals surface area contributed by atoms with Crippen LogP contribution in [0.2, 0.25) is 0 Å². The average Bonchev–Trinajstić information content (AvgIpc) is 3.65. The van der Waals surface area contributed by atoms with Crippen LogP contribution in [0.25, 0.3) is 0 Å². The Morgan fingerprint density at radius 2 is 0.484 bits per heavy atom. The minimum absolute atomic E-state index is 0.105. The number of ether oxygens (including phenoxy) is 4. The molecular formula is C76H148O17P2. The summed E-state index contributed by atoms with van der Waals surface area (Å²) in [7, 11) is -9.90. The molecule has 0 radical (unpaired) electrons. The van der Waals surface area contributed by atoms with Crippen LogP contribution in [0.4, 0.5) is 0 Å². The van der Waals surface area contributed by atoms with E-state index in [1.54, 1.807) is 0 Å². The third-order valence-electron chi connectivity index (χ3n) is 17.8. The van der Waals surface area contributed by atoms with Crippen LogP contribution in [0.1, 0.15) is 401 Å². The highest BCUT2D eigenvalue weighted by molar-refractivity contribution is 7.47. The van der Waals surface area contributed by atoms with Gasteiger partial charge in [-0.1, -0.05) is 349 Å². The molecule has 3 N–H and O–H groups in total. The largest absolute Gasteiger partial charge is 0.472 e. The molecule has 0 aliphatic carbocycles. The fourth-order valence-corrected chi connectivity index (χ4v) is 13.3.